The van der Waals surface area contributed by atoms with E-state index in [2.05, 4.69) is 5.32 Å². The van der Waals surface area contributed by atoms with Gasteiger partial charge in [0.1, 0.15) is 5.60 Å². The zero-order valence-electron chi connectivity index (χ0n) is 20.9. The third-order valence-corrected chi connectivity index (χ3v) is 7.24. The van der Waals surface area contributed by atoms with Crippen molar-refractivity contribution in [1.82, 2.24) is 0 Å². The number of halogens is 6. The molecule has 2 atom stereocenters. The Labute approximate surface area is 223 Å². The van der Waals surface area contributed by atoms with Crippen LogP contribution in [0.3, 0.4) is 0 Å². The predicted molar refractivity (Wildman–Crippen MR) is 135 cm³/mol. The van der Waals surface area contributed by atoms with Gasteiger partial charge in [0.05, 0.1) is 22.9 Å². The number of amides is 1. The van der Waals surface area contributed by atoms with Gasteiger partial charge in [-0.2, -0.15) is 13.2 Å². The standard InChI is InChI=1S/C27H29Cl2F4NO3/c1-15(27(31,32)33)21(16-6-8-17(28)9-7-16)23(35)34-20-11-10-19(29)18(22(20)30)14-26(12-5-13-26)24(36)37-25(2,3)4/h6-11,15,21H,5,12-14H2,1-4H3,(H,34,35)/t15-,21+/m1/s1. The monoisotopic (exact) mass is 561 g/mol. The second-order valence-corrected chi connectivity index (χ2v) is 11.4. The molecule has 2 aromatic rings. The maximum Gasteiger partial charge on any atom is 0.392 e. The summed E-state index contributed by atoms with van der Waals surface area (Å²) in [7, 11) is 0. The normalized spacial score (nSPS) is 16.9. The van der Waals surface area contributed by atoms with Crippen molar-refractivity contribution in [3.05, 3.63) is 63.4 Å². The SMILES string of the molecule is C[C@H]([C@H](C(=O)Nc1ccc(Cl)c(CC2(C(=O)OC(C)(C)C)CCC2)c1F)c1ccc(Cl)cc1)C(F)(F)F. The Bertz CT molecular complexity index is 1160. The number of hydrogen-bond donors (Lipinski definition) is 1. The second kappa shape index (κ2) is 10.8. The van der Waals surface area contributed by atoms with Crippen LogP contribution in [0.4, 0.5) is 23.2 Å². The number of carbonyl (C=O) groups excluding carboxylic acids is 2. The molecule has 10 heteroatoms. The number of anilines is 1. The summed E-state index contributed by atoms with van der Waals surface area (Å²) in [6, 6.07) is 7.98. The number of esters is 1. The molecule has 1 aliphatic carbocycles. The molecule has 3 rings (SSSR count). The molecule has 4 nitrogen and oxygen atoms in total. The quantitative estimate of drug-likeness (QED) is 0.274. The van der Waals surface area contributed by atoms with Crippen molar-refractivity contribution in [3.8, 4) is 0 Å². The largest absolute Gasteiger partial charge is 0.460 e. The van der Waals surface area contributed by atoms with Gasteiger partial charge < -0.3 is 10.1 Å². The molecule has 1 aliphatic rings. The number of nitrogens with one attached hydrogen (secondary N) is 1. The molecule has 0 bridgehead atoms. The fourth-order valence-corrected chi connectivity index (χ4v) is 4.71. The third kappa shape index (κ3) is 6.77. The minimum absolute atomic E-state index is 0.00283. The van der Waals surface area contributed by atoms with E-state index in [-0.39, 0.29) is 28.3 Å². The number of carbonyl (C=O) groups is 2. The Morgan fingerprint density at radius 1 is 1.05 bits per heavy atom. The van der Waals surface area contributed by atoms with E-state index in [1.165, 1.54) is 36.4 Å². The Balaban J connectivity index is 1.92. The smallest absolute Gasteiger partial charge is 0.392 e. The maximum absolute atomic E-state index is 15.6. The topological polar surface area (TPSA) is 55.4 Å². The van der Waals surface area contributed by atoms with Crippen molar-refractivity contribution >= 4 is 40.8 Å². The van der Waals surface area contributed by atoms with Gasteiger partial charge in [0.15, 0.2) is 5.82 Å². The molecule has 0 spiro atoms. The summed E-state index contributed by atoms with van der Waals surface area (Å²) in [4.78, 5) is 26.1. The van der Waals surface area contributed by atoms with Crippen LogP contribution >= 0.6 is 23.2 Å². The first kappa shape index (κ1) is 29.2. The molecule has 1 fully saturated rings. The van der Waals surface area contributed by atoms with Gasteiger partial charge in [-0.15, -0.1) is 0 Å². The molecule has 37 heavy (non-hydrogen) atoms. The number of hydrogen-bond acceptors (Lipinski definition) is 3. The lowest BCUT2D eigenvalue weighted by molar-refractivity contribution is -0.178. The highest BCUT2D eigenvalue weighted by Gasteiger charge is 2.48. The lowest BCUT2D eigenvalue weighted by Crippen LogP contribution is -2.44. The summed E-state index contributed by atoms with van der Waals surface area (Å²) in [5, 5.41) is 2.65. The Kier molecular flexibility index (Phi) is 8.54. The van der Waals surface area contributed by atoms with Gasteiger partial charge in [0, 0.05) is 15.6 Å². The van der Waals surface area contributed by atoms with Crippen molar-refractivity contribution in [3.63, 3.8) is 0 Å². The summed E-state index contributed by atoms with van der Waals surface area (Å²) in [5.41, 5.74) is -1.94. The van der Waals surface area contributed by atoms with E-state index in [0.29, 0.717) is 17.9 Å². The van der Waals surface area contributed by atoms with E-state index in [9.17, 15) is 22.8 Å². The van der Waals surface area contributed by atoms with Crippen LogP contribution in [0.25, 0.3) is 0 Å². The van der Waals surface area contributed by atoms with Gasteiger partial charge in [-0.25, -0.2) is 4.39 Å². The van der Waals surface area contributed by atoms with Crippen molar-refractivity contribution in [1.29, 1.82) is 0 Å². The second-order valence-electron chi connectivity index (χ2n) is 10.5. The Morgan fingerprint density at radius 3 is 2.14 bits per heavy atom. The van der Waals surface area contributed by atoms with Gasteiger partial charge in [-0.05, 0) is 69.9 Å². The van der Waals surface area contributed by atoms with Crippen molar-refractivity contribution in [2.45, 2.75) is 71.1 Å². The Morgan fingerprint density at radius 2 is 1.65 bits per heavy atom. The van der Waals surface area contributed by atoms with E-state index in [4.69, 9.17) is 27.9 Å². The summed E-state index contributed by atoms with van der Waals surface area (Å²) in [6.45, 7) is 6.10. The van der Waals surface area contributed by atoms with E-state index in [1.54, 1.807) is 20.8 Å². The number of benzene rings is 2. The van der Waals surface area contributed by atoms with Gasteiger partial charge in [0.2, 0.25) is 5.91 Å². The number of alkyl halides is 3. The molecule has 0 heterocycles. The number of rotatable bonds is 7. The number of ether oxygens (including phenoxy) is 1. The maximum atomic E-state index is 15.6. The van der Waals surface area contributed by atoms with E-state index >= 15 is 4.39 Å². The summed E-state index contributed by atoms with van der Waals surface area (Å²) >= 11 is 12.1. The first-order valence-corrected chi connectivity index (χ1v) is 12.6. The highest BCUT2D eigenvalue weighted by molar-refractivity contribution is 6.31. The first-order valence-electron chi connectivity index (χ1n) is 11.9. The van der Waals surface area contributed by atoms with Crippen LogP contribution in [-0.4, -0.2) is 23.7 Å². The van der Waals surface area contributed by atoms with E-state index in [0.717, 1.165) is 13.3 Å². The lowest BCUT2D eigenvalue weighted by atomic mass is 9.65. The van der Waals surface area contributed by atoms with E-state index in [1.807, 2.05) is 0 Å². The molecule has 0 aromatic heterocycles. The molecule has 0 saturated heterocycles. The zero-order valence-corrected chi connectivity index (χ0v) is 22.5. The molecule has 1 N–H and O–H groups in total. The molecular formula is C27H29Cl2F4NO3. The van der Waals surface area contributed by atoms with Crippen molar-refractivity contribution in [2.75, 3.05) is 5.32 Å². The van der Waals surface area contributed by atoms with Crippen LogP contribution in [0, 0.1) is 17.2 Å². The molecule has 202 valence electrons. The predicted octanol–water partition coefficient (Wildman–Crippen LogP) is 8.11. The van der Waals surface area contributed by atoms with Gasteiger partial charge >= 0.3 is 12.1 Å². The van der Waals surface area contributed by atoms with E-state index < -0.39 is 46.7 Å². The van der Waals surface area contributed by atoms with Crippen LogP contribution in [0.5, 0.6) is 0 Å². The fourth-order valence-electron chi connectivity index (χ4n) is 4.37. The minimum Gasteiger partial charge on any atom is -0.460 e. The van der Waals surface area contributed by atoms with Gasteiger partial charge in [-0.3, -0.25) is 9.59 Å². The molecule has 1 amide bonds. The fraction of sp³-hybridized carbons (Fsp3) is 0.481. The summed E-state index contributed by atoms with van der Waals surface area (Å²) in [6.07, 6.45) is -3.02. The highest BCUT2D eigenvalue weighted by atomic mass is 35.5. The van der Waals surface area contributed by atoms with Crippen molar-refractivity contribution < 1.29 is 31.9 Å². The van der Waals surface area contributed by atoms with Crippen LogP contribution in [-0.2, 0) is 20.7 Å². The third-order valence-electron chi connectivity index (χ3n) is 6.63. The van der Waals surface area contributed by atoms with Crippen LogP contribution in [0.1, 0.15) is 64.0 Å². The molecule has 0 radical (unpaired) electrons. The molecular weight excluding hydrogens is 533 g/mol. The average molecular weight is 562 g/mol. The molecule has 0 unspecified atom stereocenters. The van der Waals surface area contributed by atoms with Crippen LogP contribution < -0.4 is 5.32 Å². The molecule has 1 saturated carbocycles. The lowest BCUT2D eigenvalue weighted by Gasteiger charge is -2.41. The van der Waals surface area contributed by atoms with Gasteiger partial charge in [-0.1, -0.05) is 48.7 Å². The minimum atomic E-state index is -4.69. The van der Waals surface area contributed by atoms with Crippen LogP contribution in [0.15, 0.2) is 36.4 Å². The zero-order chi connectivity index (χ0) is 27.8. The molecule has 2 aromatic carbocycles. The summed E-state index contributed by atoms with van der Waals surface area (Å²) in [5.74, 6) is -6.11. The first-order chi connectivity index (χ1) is 17.0. The highest BCUT2D eigenvalue weighted by Crippen LogP contribution is 2.47. The molecule has 0 aliphatic heterocycles. The summed E-state index contributed by atoms with van der Waals surface area (Å²) < 4.78 is 62.1. The van der Waals surface area contributed by atoms with Crippen LogP contribution in [0.2, 0.25) is 10.0 Å². The van der Waals surface area contributed by atoms with Crippen molar-refractivity contribution in [2.24, 2.45) is 11.3 Å². The average Bonchev–Trinajstić information content (AvgIpc) is 2.74. The van der Waals surface area contributed by atoms with Gasteiger partial charge in [0.25, 0.3) is 0 Å². The Hall–Kier alpha value is -2.32.